The van der Waals surface area contributed by atoms with Crippen molar-refractivity contribution < 1.29 is 22.7 Å². The van der Waals surface area contributed by atoms with Gasteiger partial charge in [0.15, 0.2) is 6.10 Å². The van der Waals surface area contributed by atoms with Crippen LogP contribution in [0.4, 0.5) is 5.69 Å². The third-order valence-corrected chi connectivity index (χ3v) is 6.94. The molecule has 0 aliphatic carbocycles. The highest BCUT2D eigenvalue weighted by atomic mass is 35.5. The molecule has 1 aromatic carbocycles. The van der Waals surface area contributed by atoms with E-state index in [9.17, 15) is 18.0 Å². The molecule has 1 atom stereocenters. The first-order valence-corrected chi connectivity index (χ1v) is 11.3. The fraction of sp³-hybridized carbons (Fsp3) is 0.350. The monoisotopic (exact) mass is 451 g/mol. The molecule has 0 bridgehead atoms. The van der Waals surface area contributed by atoms with Crippen LogP contribution in [0.1, 0.15) is 36.5 Å². The fourth-order valence-electron chi connectivity index (χ4n) is 3.02. The van der Waals surface area contributed by atoms with Crippen LogP contribution in [0.2, 0.25) is 5.02 Å². The summed E-state index contributed by atoms with van der Waals surface area (Å²) in [5.41, 5.74) is 0.392. The molecule has 1 aliphatic rings. The number of piperidine rings is 1. The summed E-state index contributed by atoms with van der Waals surface area (Å²) in [6.07, 6.45) is 4.40. The molecule has 3 rings (SSSR count). The van der Waals surface area contributed by atoms with Crippen molar-refractivity contribution in [1.82, 2.24) is 9.29 Å². The number of amides is 1. The second kappa shape index (κ2) is 9.55. The van der Waals surface area contributed by atoms with Gasteiger partial charge in [0.2, 0.25) is 10.0 Å². The molecular formula is C20H22ClN3O5S. The van der Waals surface area contributed by atoms with E-state index >= 15 is 0 Å². The van der Waals surface area contributed by atoms with E-state index in [1.54, 1.807) is 0 Å². The maximum absolute atomic E-state index is 12.9. The van der Waals surface area contributed by atoms with Gasteiger partial charge in [-0.25, -0.2) is 13.2 Å². The van der Waals surface area contributed by atoms with Crippen LogP contribution in [0, 0.1) is 0 Å². The molecule has 1 aliphatic heterocycles. The lowest BCUT2D eigenvalue weighted by Crippen LogP contribution is -2.35. The number of aromatic nitrogens is 1. The Kier molecular flexibility index (Phi) is 7.06. The van der Waals surface area contributed by atoms with Gasteiger partial charge in [-0.05, 0) is 50.1 Å². The Bertz CT molecular complexity index is 1020. The van der Waals surface area contributed by atoms with Crippen molar-refractivity contribution >= 4 is 39.2 Å². The lowest BCUT2D eigenvalue weighted by atomic mass is 10.2. The Labute approximate surface area is 180 Å². The number of halogens is 1. The topological polar surface area (TPSA) is 106 Å². The zero-order valence-electron chi connectivity index (χ0n) is 16.4. The molecule has 1 N–H and O–H groups in total. The third-order valence-electron chi connectivity index (χ3n) is 4.72. The second-order valence-electron chi connectivity index (χ2n) is 6.88. The van der Waals surface area contributed by atoms with Crippen molar-refractivity contribution in [3.05, 3.63) is 53.3 Å². The zero-order chi connectivity index (χ0) is 21.7. The van der Waals surface area contributed by atoms with E-state index in [2.05, 4.69) is 10.3 Å². The van der Waals surface area contributed by atoms with Gasteiger partial charge in [-0.15, -0.1) is 0 Å². The SMILES string of the molecule is C[C@@H](OC(=O)c1ccncc1)C(=O)Nc1cc(S(=O)(=O)N2CCCCC2)ccc1Cl. The van der Waals surface area contributed by atoms with Gasteiger partial charge in [-0.3, -0.25) is 9.78 Å². The minimum Gasteiger partial charge on any atom is -0.449 e. The average Bonchev–Trinajstić information content (AvgIpc) is 2.76. The molecule has 1 aromatic heterocycles. The predicted molar refractivity (Wildman–Crippen MR) is 112 cm³/mol. The van der Waals surface area contributed by atoms with Crippen LogP contribution in [-0.4, -0.2) is 48.8 Å². The summed E-state index contributed by atoms with van der Waals surface area (Å²) < 4.78 is 32.3. The highest BCUT2D eigenvalue weighted by Gasteiger charge is 2.27. The van der Waals surface area contributed by atoms with Gasteiger partial charge in [-0.1, -0.05) is 18.0 Å². The van der Waals surface area contributed by atoms with Gasteiger partial charge in [0.05, 0.1) is 21.2 Å². The number of carbonyl (C=O) groups excluding carboxylic acids is 2. The smallest absolute Gasteiger partial charge is 0.339 e. The van der Waals surface area contributed by atoms with Gasteiger partial charge in [-0.2, -0.15) is 4.31 Å². The van der Waals surface area contributed by atoms with E-state index in [4.69, 9.17) is 16.3 Å². The number of benzene rings is 1. The summed E-state index contributed by atoms with van der Waals surface area (Å²) in [7, 11) is -3.68. The molecular weight excluding hydrogens is 430 g/mol. The van der Waals surface area contributed by atoms with E-state index in [1.807, 2.05) is 0 Å². The van der Waals surface area contributed by atoms with Crippen molar-refractivity contribution in [2.45, 2.75) is 37.2 Å². The number of anilines is 1. The number of hydrogen-bond donors (Lipinski definition) is 1. The molecule has 1 amide bonds. The van der Waals surface area contributed by atoms with Crippen LogP contribution in [0.3, 0.4) is 0 Å². The Morgan fingerprint density at radius 1 is 1.13 bits per heavy atom. The normalized spacial score (nSPS) is 15.9. The summed E-state index contributed by atoms with van der Waals surface area (Å²) in [5.74, 6) is -1.31. The second-order valence-corrected chi connectivity index (χ2v) is 9.22. The van der Waals surface area contributed by atoms with Crippen LogP contribution in [0.5, 0.6) is 0 Å². The van der Waals surface area contributed by atoms with E-state index in [0.29, 0.717) is 13.1 Å². The van der Waals surface area contributed by atoms with Gasteiger partial charge < -0.3 is 10.1 Å². The summed E-state index contributed by atoms with van der Waals surface area (Å²) in [6, 6.07) is 7.09. The molecule has 160 valence electrons. The van der Waals surface area contributed by atoms with E-state index < -0.39 is 28.0 Å². The van der Waals surface area contributed by atoms with Crippen molar-refractivity contribution in [2.24, 2.45) is 0 Å². The molecule has 0 unspecified atom stereocenters. The number of ether oxygens (including phenoxy) is 1. The van der Waals surface area contributed by atoms with E-state index in [0.717, 1.165) is 19.3 Å². The molecule has 1 fully saturated rings. The largest absolute Gasteiger partial charge is 0.449 e. The van der Waals surface area contributed by atoms with Crippen molar-refractivity contribution in [3.63, 3.8) is 0 Å². The Balaban J connectivity index is 1.72. The maximum Gasteiger partial charge on any atom is 0.339 e. The number of rotatable bonds is 6. The number of carbonyl (C=O) groups is 2. The first-order chi connectivity index (χ1) is 14.3. The zero-order valence-corrected chi connectivity index (χ0v) is 17.9. The van der Waals surface area contributed by atoms with Crippen LogP contribution in [0.15, 0.2) is 47.6 Å². The molecule has 0 spiro atoms. The predicted octanol–water partition coefficient (Wildman–Crippen LogP) is 3.09. The molecule has 30 heavy (non-hydrogen) atoms. The molecule has 8 nitrogen and oxygen atoms in total. The first kappa shape index (κ1) is 22.2. The molecule has 2 heterocycles. The van der Waals surface area contributed by atoms with Crippen molar-refractivity contribution in [1.29, 1.82) is 0 Å². The van der Waals surface area contributed by atoms with Gasteiger partial charge in [0, 0.05) is 25.5 Å². The van der Waals surface area contributed by atoms with E-state index in [-0.39, 0.29) is 21.2 Å². The Morgan fingerprint density at radius 3 is 2.47 bits per heavy atom. The van der Waals surface area contributed by atoms with Gasteiger partial charge in [0.25, 0.3) is 5.91 Å². The van der Waals surface area contributed by atoms with Crippen LogP contribution >= 0.6 is 11.6 Å². The summed E-state index contributed by atoms with van der Waals surface area (Å²) in [4.78, 5) is 28.4. The highest BCUT2D eigenvalue weighted by molar-refractivity contribution is 7.89. The molecule has 1 saturated heterocycles. The number of nitrogens with one attached hydrogen (secondary N) is 1. The number of hydrogen-bond acceptors (Lipinski definition) is 6. The quantitative estimate of drug-likeness (QED) is 0.676. The Hall–Kier alpha value is -2.49. The van der Waals surface area contributed by atoms with Crippen LogP contribution < -0.4 is 5.32 Å². The minimum absolute atomic E-state index is 0.0468. The number of pyridine rings is 1. The van der Waals surface area contributed by atoms with E-state index in [1.165, 1.54) is 54.0 Å². The van der Waals surface area contributed by atoms with Gasteiger partial charge >= 0.3 is 5.97 Å². The summed E-state index contributed by atoms with van der Waals surface area (Å²) in [6.45, 7) is 2.35. The molecule has 10 heteroatoms. The number of sulfonamides is 1. The minimum atomic E-state index is -3.68. The summed E-state index contributed by atoms with van der Waals surface area (Å²) in [5, 5.41) is 2.71. The standard InChI is InChI=1S/C20H22ClN3O5S/c1-14(29-20(26)15-7-9-22-10-8-15)19(25)23-18-13-16(5-6-17(18)21)30(27,28)24-11-3-2-4-12-24/h5-10,13-14H,2-4,11-12H2,1H3,(H,23,25)/t14-/m1/s1. The number of nitrogens with zero attached hydrogens (tertiary/aromatic N) is 2. The Morgan fingerprint density at radius 2 is 1.80 bits per heavy atom. The first-order valence-electron chi connectivity index (χ1n) is 9.50. The van der Waals surface area contributed by atoms with Crippen LogP contribution in [-0.2, 0) is 19.6 Å². The van der Waals surface area contributed by atoms with Gasteiger partial charge in [0.1, 0.15) is 0 Å². The molecule has 0 radical (unpaired) electrons. The lowest BCUT2D eigenvalue weighted by molar-refractivity contribution is -0.123. The average molecular weight is 452 g/mol. The summed E-state index contributed by atoms with van der Waals surface area (Å²) >= 11 is 6.14. The lowest BCUT2D eigenvalue weighted by Gasteiger charge is -2.26. The van der Waals surface area contributed by atoms with Crippen molar-refractivity contribution in [3.8, 4) is 0 Å². The van der Waals surface area contributed by atoms with Crippen molar-refractivity contribution in [2.75, 3.05) is 18.4 Å². The maximum atomic E-state index is 12.9. The van der Waals surface area contributed by atoms with Crippen LogP contribution in [0.25, 0.3) is 0 Å². The molecule has 2 aromatic rings. The highest BCUT2D eigenvalue weighted by Crippen LogP contribution is 2.28. The molecule has 0 saturated carbocycles. The number of esters is 1. The third kappa shape index (κ3) is 5.16. The fourth-order valence-corrected chi connectivity index (χ4v) is 4.73.